The highest BCUT2D eigenvalue weighted by molar-refractivity contribution is 4.69. The maximum Gasteiger partial charge on any atom is 0.172 e. The lowest BCUT2D eigenvalue weighted by Gasteiger charge is -2.27. The van der Waals surface area contributed by atoms with Gasteiger partial charge in [-0.2, -0.15) is 0 Å². The van der Waals surface area contributed by atoms with Gasteiger partial charge in [-0.1, -0.05) is 0 Å². The van der Waals surface area contributed by atoms with Crippen molar-refractivity contribution in [3.8, 4) is 0 Å². The second-order valence-electron chi connectivity index (χ2n) is 2.28. The standard InChI is InChI=1S/C6H13NO2/c1-8-6-5(7)3-2-4-9-6/h5-6H,2-4,7H2,1H3/t5-,6+/m0/s1. The number of hydrogen-bond acceptors (Lipinski definition) is 3. The predicted octanol–water partition coefficient (Wildman–Crippen LogP) is 0.0966. The van der Waals surface area contributed by atoms with Gasteiger partial charge in [0.2, 0.25) is 0 Å². The van der Waals surface area contributed by atoms with Crippen molar-refractivity contribution in [3.63, 3.8) is 0 Å². The van der Waals surface area contributed by atoms with E-state index in [1.54, 1.807) is 7.11 Å². The molecule has 3 heteroatoms. The van der Waals surface area contributed by atoms with Gasteiger partial charge in [0.1, 0.15) is 0 Å². The summed E-state index contributed by atoms with van der Waals surface area (Å²) in [4.78, 5) is 0. The van der Waals surface area contributed by atoms with E-state index in [0.29, 0.717) is 0 Å². The number of rotatable bonds is 1. The summed E-state index contributed by atoms with van der Waals surface area (Å²) < 4.78 is 10.1. The smallest absolute Gasteiger partial charge is 0.172 e. The molecule has 1 fully saturated rings. The molecular formula is C6H13NO2. The molecule has 0 aromatic rings. The van der Waals surface area contributed by atoms with Crippen LogP contribution in [0.5, 0.6) is 0 Å². The van der Waals surface area contributed by atoms with Crippen molar-refractivity contribution >= 4 is 0 Å². The Morgan fingerprint density at radius 2 is 2.44 bits per heavy atom. The maximum atomic E-state index is 5.64. The van der Waals surface area contributed by atoms with Crippen LogP contribution in [0.1, 0.15) is 12.8 Å². The monoisotopic (exact) mass is 131 g/mol. The minimum atomic E-state index is -0.168. The zero-order chi connectivity index (χ0) is 6.69. The lowest BCUT2D eigenvalue weighted by atomic mass is 10.1. The third-order valence-electron chi connectivity index (χ3n) is 1.55. The summed E-state index contributed by atoms with van der Waals surface area (Å²) >= 11 is 0. The number of nitrogens with two attached hydrogens (primary N) is 1. The average molecular weight is 131 g/mol. The van der Waals surface area contributed by atoms with E-state index in [0.717, 1.165) is 19.4 Å². The van der Waals surface area contributed by atoms with Gasteiger partial charge in [-0.3, -0.25) is 0 Å². The van der Waals surface area contributed by atoms with Crippen LogP contribution >= 0.6 is 0 Å². The molecule has 54 valence electrons. The molecule has 2 atom stereocenters. The Labute approximate surface area is 55.1 Å². The zero-order valence-corrected chi connectivity index (χ0v) is 5.67. The molecule has 0 radical (unpaired) electrons. The van der Waals surface area contributed by atoms with Gasteiger partial charge >= 0.3 is 0 Å². The molecule has 3 nitrogen and oxygen atoms in total. The van der Waals surface area contributed by atoms with E-state index in [-0.39, 0.29) is 12.3 Å². The molecule has 0 aromatic carbocycles. The van der Waals surface area contributed by atoms with Crippen molar-refractivity contribution in [2.75, 3.05) is 13.7 Å². The number of methoxy groups -OCH3 is 1. The Bertz CT molecular complexity index is 87.1. The van der Waals surface area contributed by atoms with Crippen LogP contribution in [0.25, 0.3) is 0 Å². The maximum absolute atomic E-state index is 5.64. The largest absolute Gasteiger partial charge is 0.354 e. The SMILES string of the molecule is CO[C@@H]1OCCC[C@@H]1N. The lowest BCUT2D eigenvalue weighted by molar-refractivity contribution is -0.155. The Kier molecular flexibility index (Phi) is 2.45. The molecule has 1 heterocycles. The van der Waals surface area contributed by atoms with E-state index in [1.165, 1.54) is 0 Å². The minimum Gasteiger partial charge on any atom is -0.354 e. The summed E-state index contributed by atoms with van der Waals surface area (Å²) in [6.07, 6.45) is 1.90. The molecule has 0 bridgehead atoms. The van der Waals surface area contributed by atoms with E-state index >= 15 is 0 Å². The van der Waals surface area contributed by atoms with Crippen LogP contribution in [0, 0.1) is 0 Å². The average Bonchev–Trinajstić information content (AvgIpc) is 1.89. The van der Waals surface area contributed by atoms with Crippen molar-refractivity contribution < 1.29 is 9.47 Å². The topological polar surface area (TPSA) is 44.5 Å². The van der Waals surface area contributed by atoms with E-state index in [1.807, 2.05) is 0 Å². The molecule has 1 rings (SSSR count). The molecule has 0 spiro atoms. The van der Waals surface area contributed by atoms with Crippen LogP contribution in [0.3, 0.4) is 0 Å². The molecule has 0 aliphatic carbocycles. The van der Waals surface area contributed by atoms with Gasteiger partial charge < -0.3 is 15.2 Å². The summed E-state index contributed by atoms with van der Waals surface area (Å²) in [7, 11) is 1.62. The third-order valence-corrected chi connectivity index (χ3v) is 1.55. The highest BCUT2D eigenvalue weighted by Gasteiger charge is 2.21. The molecule has 9 heavy (non-hydrogen) atoms. The summed E-state index contributed by atoms with van der Waals surface area (Å²) in [5, 5.41) is 0. The van der Waals surface area contributed by atoms with Crippen LogP contribution in [-0.2, 0) is 9.47 Å². The minimum absolute atomic E-state index is 0.0729. The molecule has 0 aromatic heterocycles. The first-order chi connectivity index (χ1) is 4.34. The summed E-state index contributed by atoms with van der Waals surface area (Å²) in [5.74, 6) is 0. The van der Waals surface area contributed by atoms with Crippen molar-refractivity contribution in [2.24, 2.45) is 5.73 Å². The van der Waals surface area contributed by atoms with Crippen molar-refractivity contribution in [3.05, 3.63) is 0 Å². The first kappa shape index (κ1) is 6.99. The normalized spacial score (nSPS) is 36.7. The van der Waals surface area contributed by atoms with Crippen molar-refractivity contribution in [2.45, 2.75) is 25.2 Å². The van der Waals surface area contributed by atoms with Gasteiger partial charge in [0.25, 0.3) is 0 Å². The molecule has 0 unspecified atom stereocenters. The fourth-order valence-corrected chi connectivity index (χ4v) is 1.02. The Morgan fingerprint density at radius 3 is 2.89 bits per heavy atom. The van der Waals surface area contributed by atoms with E-state index in [2.05, 4.69) is 0 Å². The van der Waals surface area contributed by atoms with Crippen LogP contribution in [-0.4, -0.2) is 26.0 Å². The summed E-state index contributed by atoms with van der Waals surface area (Å²) in [6, 6.07) is 0.0729. The highest BCUT2D eigenvalue weighted by atomic mass is 16.7. The lowest BCUT2D eigenvalue weighted by Crippen LogP contribution is -2.41. The quantitative estimate of drug-likeness (QED) is 0.548. The van der Waals surface area contributed by atoms with Crippen LogP contribution in [0.2, 0.25) is 0 Å². The summed E-state index contributed by atoms with van der Waals surface area (Å²) in [6.45, 7) is 0.784. The zero-order valence-electron chi connectivity index (χ0n) is 5.67. The Balaban J connectivity index is 2.30. The van der Waals surface area contributed by atoms with Gasteiger partial charge in [-0.25, -0.2) is 0 Å². The Morgan fingerprint density at radius 1 is 1.67 bits per heavy atom. The molecule has 0 saturated carbocycles. The molecule has 0 amide bonds. The molecule has 1 saturated heterocycles. The fraction of sp³-hybridized carbons (Fsp3) is 1.00. The van der Waals surface area contributed by atoms with Crippen molar-refractivity contribution in [1.82, 2.24) is 0 Å². The third kappa shape index (κ3) is 1.64. The van der Waals surface area contributed by atoms with Crippen LogP contribution in [0.15, 0.2) is 0 Å². The predicted molar refractivity (Wildman–Crippen MR) is 34.0 cm³/mol. The second-order valence-corrected chi connectivity index (χ2v) is 2.28. The fourth-order valence-electron chi connectivity index (χ4n) is 1.02. The van der Waals surface area contributed by atoms with Crippen molar-refractivity contribution in [1.29, 1.82) is 0 Å². The van der Waals surface area contributed by atoms with Gasteiger partial charge in [0.05, 0.1) is 6.04 Å². The number of ether oxygens (including phenoxy) is 2. The Hall–Kier alpha value is -0.120. The van der Waals surface area contributed by atoms with E-state index in [4.69, 9.17) is 15.2 Å². The highest BCUT2D eigenvalue weighted by Crippen LogP contribution is 2.11. The first-order valence-electron chi connectivity index (χ1n) is 3.24. The summed E-state index contributed by atoms with van der Waals surface area (Å²) in [5.41, 5.74) is 5.64. The van der Waals surface area contributed by atoms with E-state index in [9.17, 15) is 0 Å². The van der Waals surface area contributed by atoms with Gasteiger partial charge in [-0.05, 0) is 12.8 Å². The van der Waals surface area contributed by atoms with Crippen LogP contribution in [0.4, 0.5) is 0 Å². The van der Waals surface area contributed by atoms with Crippen LogP contribution < -0.4 is 5.73 Å². The second kappa shape index (κ2) is 3.15. The number of hydrogen-bond donors (Lipinski definition) is 1. The van der Waals surface area contributed by atoms with Gasteiger partial charge in [0.15, 0.2) is 6.29 Å². The molecule has 1 aliphatic rings. The first-order valence-corrected chi connectivity index (χ1v) is 3.24. The van der Waals surface area contributed by atoms with Gasteiger partial charge in [-0.15, -0.1) is 0 Å². The molecule has 2 N–H and O–H groups in total. The molecule has 1 aliphatic heterocycles. The molecular weight excluding hydrogens is 118 g/mol. The van der Waals surface area contributed by atoms with E-state index < -0.39 is 0 Å². The van der Waals surface area contributed by atoms with Gasteiger partial charge in [0, 0.05) is 13.7 Å².